The summed E-state index contributed by atoms with van der Waals surface area (Å²) in [5.41, 5.74) is 11.8. The van der Waals surface area contributed by atoms with Gasteiger partial charge in [0.1, 0.15) is 17.9 Å². The summed E-state index contributed by atoms with van der Waals surface area (Å²) >= 11 is 6.18. The van der Waals surface area contributed by atoms with E-state index in [1.54, 1.807) is 12.1 Å². The molecule has 32 heavy (non-hydrogen) atoms. The molecule has 3 aromatic rings. The second kappa shape index (κ2) is 9.23. The van der Waals surface area contributed by atoms with Crippen molar-refractivity contribution in [3.05, 3.63) is 81.9 Å². The monoisotopic (exact) mass is 451 g/mol. The number of rotatable bonds is 7. The average Bonchev–Trinajstić information content (AvgIpc) is 3.14. The van der Waals surface area contributed by atoms with Crippen LogP contribution in [-0.2, 0) is 6.42 Å². The number of fused-ring (bicyclic) bond motifs is 1. The molecule has 0 saturated carbocycles. The van der Waals surface area contributed by atoms with Crippen LogP contribution in [0.4, 0.5) is 0 Å². The van der Waals surface area contributed by atoms with E-state index in [1.807, 2.05) is 6.07 Å². The molecule has 0 unspecified atom stereocenters. The Kier molecular flexibility index (Phi) is 6.40. The Labute approximate surface area is 192 Å². The SMILES string of the molecule is CC(C)c1cc(CCOc2c(Cl)cccc2C(=O)O)cc(-c2ccc3c(c2)[C@H](N)CO3)c1. The van der Waals surface area contributed by atoms with Gasteiger partial charge in [0.25, 0.3) is 0 Å². The van der Waals surface area contributed by atoms with Gasteiger partial charge in [-0.3, -0.25) is 0 Å². The molecule has 6 heteroatoms. The van der Waals surface area contributed by atoms with Gasteiger partial charge in [0.2, 0.25) is 0 Å². The first-order chi connectivity index (χ1) is 15.3. The number of hydrogen-bond donors (Lipinski definition) is 2. The van der Waals surface area contributed by atoms with Crippen LogP contribution in [-0.4, -0.2) is 24.3 Å². The number of ether oxygens (including phenoxy) is 2. The van der Waals surface area contributed by atoms with Crippen molar-refractivity contribution in [2.45, 2.75) is 32.2 Å². The molecule has 3 N–H and O–H groups in total. The molecule has 4 rings (SSSR count). The highest BCUT2D eigenvalue weighted by Gasteiger charge is 2.21. The topological polar surface area (TPSA) is 81.8 Å². The van der Waals surface area contributed by atoms with Gasteiger partial charge in [-0.1, -0.05) is 55.8 Å². The lowest BCUT2D eigenvalue weighted by Crippen LogP contribution is -2.10. The lowest BCUT2D eigenvalue weighted by atomic mass is 9.92. The van der Waals surface area contributed by atoms with E-state index in [-0.39, 0.29) is 17.4 Å². The van der Waals surface area contributed by atoms with Crippen LogP contribution < -0.4 is 15.2 Å². The van der Waals surface area contributed by atoms with Crippen LogP contribution in [0.15, 0.2) is 54.6 Å². The molecule has 0 spiro atoms. The first-order valence-corrected chi connectivity index (χ1v) is 11.0. The van der Waals surface area contributed by atoms with Crippen molar-refractivity contribution in [2.75, 3.05) is 13.2 Å². The van der Waals surface area contributed by atoms with Crippen LogP contribution in [0, 0.1) is 0 Å². The lowest BCUT2D eigenvalue weighted by Gasteiger charge is -2.15. The van der Waals surface area contributed by atoms with E-state index < -0.39 is 5.97 Å². The molecule has 0 saturated heterocycles. The summed E-state index contributed by atoms with van der Waals surface area (Å²) in [6, 6.07) is 17.3. The third-order valence-electron chi connectivity index (χ3n) is 5.68. The zero-order valence-electron chi connectivity index (χ0n) is 18.1. The van der Waals surface area contributed by atoms with Crippen molar-refractivity contribution in [1.82, 2.24) is 0 Å². The second-order valence-electron chi connectivity index (χ2n) is 8.31. The number of benzene rings is 3. The third kappa shape index (κ3) is 4.59. The quantitative estimate of drug-likeness (QED) is 0.471. The second-order valence-corrected chi connectivity index (χ2v) is 8.72. The summed E-state index contributed by atoms with van der Waals surface area (Å²) in [5.74, 6) is 0.348. The molecule has 3 aromatic carbocycles. The molecule has 0 amide bonds. The van der Waals surface area contributed by atoms with E-state index in [0.29, 0.717) is 30.6 Å². The number of aromatic carboxylic acids is 1. The first-order valence-electron chi connectivity index (χ1n) is 10.6. The fourth-order valence-corrected chi connectivity index (χ4v) is 4.11. The van der Waals surface area contributed by atoms with Gasteiger partial charge >= 0.3 is 5.97 Å². The summed E-state index contributed by atoms with van der Waals surface area (Å²) in [4.78, 5) is 11.5. The van der Waals surface area contributed by atoms with Crippen molar-refractivity contribution in [1.29, 1.82) is 0 Å². The van der Waals surface area contributed by atoms with Crippen LogP contribution in [0.5, 0.6) is 11.5 Å². The van der Waals surface area contributed by atoms with E-state index in [2.05, 4.69) is 44.2 Å². The number of para-hydroxylation sites is 1. The molecule has 0 fully saturated rings. The fraction of sp³-hybridized carbons (Fsp3) is 0.269. The summed E-state index contributed by atoms with van der Waals surface area (Å²) < 4.78 is 11.4. The number of carboxylic acids is 1. The molecule has 1 aliphatic heterocycles. The van der Waals surface area contributed by atoms with Crippen molar-refractivity contribution >= 4 is 17.6 Å². The van der Waals surface area contributed by atoms with Crippen molar-refractivity contribution < 1.29 is 19.4 Å². The molecule has 0 bridgehead atoms. The molecule has 0 aliphatic carbocycles. The number of nitrogens with two attached hydrogens (primary N) is 1. The number of carbonyl (C=O) groups is 1. The van der Waals surface area contributed by atoms with Crippen LogP contribution in [0.2, 0.25) is 5.02 Å². The number of carboxylic acid groups (broad SMARTS) is 1. The van der Waals surface area contributed by atoms with Gasteiger partial charge in [0.15, 0.2) is 5.75 Å². The Morgan fingerprint density at radius 3 is 2.75 bits per heavy atom. The fourth-order valence-electron chi connectivity index (χ4n) is 3.88. The first kappa shape index (κ1) is 22.2. The Morgan fingerprint density at radius 2 is 2.00 bits per heavy atom. The normalized spacial score (nSPS) is 14.8. The van der Waals surface area contributed by atoms with Gasteiger partial charge in [-0.25, -0.2) is 4.79 Å². The minimum absolute atomic E-state index is 0.0609. The van der Waals surface area contributed by atoms with Crippen LogP contribution in [0.3, 0.4) is 0 Å². The Morgan fingerprint density at radius 1 is 1.19 bits per heavy atom. The Bertz CT molecular complexity index is 1160. The van der Waals surface area contributed by atoms with Crippen molar-refractivity contribution in [3.8, 4) is 22.6 Å². The lowest BCUT2D eigenvalue weighted by molar-refractivity contribution is 0.0692. The third-order valence-corrected chi connectivity index (χ3v) is 5.97. The predicted molar refractivity (Wildman–Crippen MR) is 126 cm³/mol. The molecule has 0 radical (unpaired) electrons. The maximum atomic E-state index is 11.5. The zero-order chi connectivity index (χ0) is 22.8. The standard InChI is InChI=1S/C26H26ClNO4/c1-15(2)18-10-16(8-9-31-25-20(26(29)30)4-3-5-22(25)27)11-19(12-18)17-6-7-24-21(13-17)23(28)14-32-24/h3-7,10-13,15,23H,8-9,14,28H2,1-2H3,(H,29,30)/t23-/m1/s1. The summed E-state index contributed by atoms with van der Waals surface area (Å²) in [5, 5.41) is 9.69. The molecule has 5 nitrogen and oxygen atoms in total. The molecule has 166 valence electrons. The highest BCUT2D eigenvalue weighted by molar-refractivity contribution is 6.32. The van der Waals surface area contributed by atoms with Crippen molar-refractivity contribution in [3.63, 3.8) is 0 Å². The smallest absolute Gasteiger partial charge is 0.339 e. The predicted octanol–water partition coefficient (Wildman–Crippen LogP) is 5.84. The minimum atomic E-state index is -1.06. The van der Waals surface area contributed by atoms with Gasteiger partial charge in [0, 0.05) is 12.0 Å². The Hall–Kier alpha value is -3.02. The number of hydrogen-bond acceptors (Lipinski definition) is 4. The largest absolute Gasteiger partial charge is 0.491 e. The molecule has 1 heterocycles. The van der Waals surface area contributed by atoms with Gasteiger partial charge in [0.05, 0.1) is 17.7 Å². The average molecular weight is 452 g/mol. The van der Waals surface area contributed by atoms with Gasteiger partial charge in [-0.05, 0) is 52.4 Å². The number of halogens is 1. The summed E-state index contributed by atoms with van der Waals surface area (Å²) in [6.45, 7) is 5.14. The summed E-state index contributed by atoms with van der Waals surface area (Å²) in [7, 11) is 0. The molecule has 1 aliphatic rings. The maximum absolute atomic E-state index is 11.5. The summed E-state index contributed by atoms with van der Waals surface area (Å²) in [6.07, 6.45) is 0.616. The van der Waals surface area contributed by atoms with E-state index in [9.17, 15) is 9.90 Å². The molecule has 1 atom stereocenters. The van der Waals surface area contributed by atoms with E-state index >= 15 is 0 Å². The molecular weight excluding hydrogens is 426 g/mol. The van der Waals surface area contributed by atoms with Gasteiger partial charge in [-0.2, -0.15) is 0 Å². The van der Waals surface area contributed by atoms with Crippen LogP contribution in [0.25, 0.3) is 11.1 Å². The van der Waals surface area contributed by atoms with E-state index in [1.165, 1.54) is 11.6 Å². The highest BCUT2D eigenvalue weighted by Crippen LogP contribution is 2.36. The highest BCUT2D eigenvalue weighted by atomic mass is 35.5. The van der Waals surface area contributed by atoms with E-state index in [0.717, 1.165) is 28.0 Å². The van der Waals surface area contributed by atoms with Crippen LogP contribution in [0.1, 0.15) is 52.9 Å². The van der Waals surface area contributed by atoms with Gasteiger partial charge < -0.3 is 20.3 Å². The maximum Gasteiger partial charge on any atom is 0.339 e. The molecular formula is C26H26ClNO4. The van der Waals surface area contributed by atoms with Crippen LogP contribution >= 0.6 is 11.6 Å². The van der Waals surface area contributed by atoms with Crippen molar-refractivity contribution in [2.24, 2.45) is 5.73 Å². The molecule has 0 aromatic heterocycles. The minimum Gasteiger partial charge on any atom is -0.491 e. The van der Waals surface area contributed by atoms with Gasteiger partial charge in [-0.15, -0.1) is 0 Å². The zero-order valence-corrected chi connectivity index (χ0v) is 18.9. The van der Waals surface area contributed by atoms with E-state index in [4.69, 9.17) is 26.8 Å². The Balaban J connectivity index is 1.59.